The minimum Gasteiger partial charge on any atom is -0.444 e. The lowest BCUT2D eigenvalue weighted by Gasteiger charge is -2.40. The molecule has 12 nitrogen and oxygen atoms in total. The van der Waals surface area contributed by atoms with E-state index in [9.17, 15) is 23.6 Å². The molecule has 1 aromatic carbocycles. The average molecular weight is 625 g/mol. The van der Waals surface area contributed by atoms with Crippen LogP contribution in [0.25, 0.3) is 0 Å². The van der Waals surface area contributed by atoms with Crippen LogP contribution in [0.15, 0.2) is 36.4 Å². The lowest BCUT2D eigenvalue weighted by atomic mass is 9.68. The maximum Gasteiger partial charge on any atom is 0.412 e. The number of hydrogen-bond acceptors (Lipinski definition) is 8. The second-order valence-corrected chi connectivity index (χ2v) is 12.4. The Morgan fingerprint density at radius 1 is 1.07 bits per heavy atom. The number of anilines is 2. The van der Waals surface area contributed by atoms with Gasteiger partial charge in [-0.2, -0.15) is 0 Å². The van der Waals surface area contributed by atoms with Gasteiger partial charge < -0.3 is 20.4 Å². The summed E-state index contributed by atoms with van der Waals surface area (Å²) in [7, 11) is 2.90. The molecule has 1 saturated heterocycles. The number of rotatable bonds is 8. The Labute approximate surface area is 262 Å². The minimum absolute atomic E-state index is 0.0705. The number of likely N-dealkylation sites (tertiary alicyclic amines) is 1. The predicted octanol–water partition coefficient (Wildman–Crippen LogP) is 4.84. The molecule has 45 heavy (non-hydrogen) atoms. The van der Waals surface area contributed by atoms with Crippen LogP contribution in [-0.2, 0) is 24.6 Å². The molecular weight excluding hydrogens is 583 g/mol. The van der Waals surface area contributed by atoms with E-state index in [0.29, 0.717) is 18.4 Å². The zero-order valence-electron chi connectivity index (χ0n) is 26.3. The summed E-state index contributed by atoms with van der Waals surface area (Å²) < 4.78 is 20.2. The molecule has 2 atom stereocenters. The van der Waals surface area contributed by atoms with Crippen LogP contribution in [0.3, 0.4) is 0 Å². The second kappa shape index (κ2) is 13.7. The number of benzene rings is 1. The van der Waals surface area contributed by atoms with Gasteiger partial charge in [0.1, 0.15) is 29.3 Å². The standard InChI is InChI=1S/C32H41FN6O6/c1-31(2,3)45-30(43)36-23-13-14-26(35-24(23)18-34)37-27(40)25-17-22(33)19-39(25)29(42)32(15-7-6-8-16-32)21-11-9-20(10-12-21)28(41)38(4)44-5/h9-14,18,22,25,34H,6-8,15-17,19H2,1-5H3,(H,36,43)(H,35,37,40)/t22-,25-/m1/s1. The van der Waals surface area contributed by atoms with E-state index in [2.05, 4.69) is 15.6 Å². The molecule has 2 heterocycles. The summed E-state index contributed by atoms with van der Waals surface area (Å²) in [6.07, 6.45) is 2.26. The molecule has 1 aromatic heterocycles. The second-order valence-electron chi connectivity index (χ2n) is 12.4. The molecule has 4 amide bonds. The minimum atomic E-state index is -1.39. The van der Waals surface area contributed by atoms with E-state index in [1.54, 1.807) is 45.0 Å². The van der Waals surface area contributed by atoms with Crippen LogP contribution in [-0.4, -0.2) is 83.5 Å². The Balaban J connectivity index is 1.55. The molecule has 2 aliphatic rings. The highest BCUT2D eigenvalue weighted by atomic mass is 19.1. The highest BCUT2D eigenvalue weighted by Crippen LogP contribution is 2.43. The number of hydroxylamine groups is 2. The lowest BCUT2D eigenvalue weighted by Crippen LogP contribution is -2.52. The van der Waals surface area contributed by atoms with E-state index in [1.807, 2.05) is 0 Å². The number of aromatic nitrogens is 1. The van der Waals surface area contributed by atoms with Gasteiger partial charge in [0.25, 0.3) is 5.91 Å². The van der Waals surface area contributed by atoms with Crippen molar-refractivity contribution in [3.63, 3.8) is 0 Å². The van der Waals surface area contributed by atoms with Gasteiger partial charge in [0, 0.05) is 25.2 Å². The molecule has 3 N–H and O–H groups in total. The van der Waals surface area contributed by atoms with Crippen LogP contribution in [0.4, 0.5) is 20.7 Å². The molecule has 0 spiro atoms. The highest BCUT2D eigenvalue weighted by Gasteiger charge is 2.49. The first-order chi connectivity index (χ1) is 21.3. The molecule has 2 fully saturated rings. The number of amides is 4. The summed E-state index contributed by atoms with van der Waals surface area (Å²) >= 11 is 0. The summed E-state index contributed by atoms with van der Waals surface area (Å²) in [4.78, 5) is 63.2. The molecule has 0 radical (unpaired) electrons. The van der Waals surface area contributed by atoms with Crippen LogP contribution >= 0.6 is 0 Å². The summed E-state index contributed by atoms with van der Waals surface area (Å²) in [6.45, 7) is 4.94. The third kappa shape index (κ3) is 7.64. The number of carbonyl (C=O) groups is 4. The van der Waals surface area contributed by atoms with Crippen molar-refractivity contribution in [1.82, 2.24) is 14.9 Å². The third-order valence-electron chi connectivity index (χ3n) is 8.12. The SMILES string of the molecule is CON(C)C(=O)c1ccc(C2(C(=O)N3C[C@H](F)C[C@@H]3C(=O)Nc3ccc(NC(=O)OC(C)(C)C)c(C=N)n3)CCCCC2)cc1. The van der Waals surface area contributed by atoms with Gasteiger partial charge in [-0.15, -0.1) is 0 Å². The molecule has 1 saturated carbocycles. The first kappa shape index (κ1) is 33.5. The number of halogens is 1. The van der Waals surface area contributed by atoms with E-state index >= 15 is 0 Å². The molecule has 0 bridgehead atoms. The Hall–Kier alpha value is -4.39. The normalized spacial score (nSPS) is 19.4. The van der Waals surface area contributed by atoms with Gasteiger partial charge in [0.15, 0.2) is 0 Å². The van der Waals surface area contributed by atoms with Gasteiger partial charge in [-0.1, -0.05) is 31.4 Å². The van der Waals surface area contributed by atoms with Crippen LogP contribution in [0.5, 0.6) is 0 Å². The average Bonchev–Trinajstić information content (AvgIpc) is 3.41. The van der Waals surface area contributed by atoms with Crippen molar-refractivity contribution in [3.05, 3.63) is 53.2 Å². The largest absolute Gasteiger partial charge is 0.444 e. The first-order valence-corrected chi connectivity index (χ1v) is 15.0. The Bertz CT molecular complexity index is 1440. The monoisotopic (exact) mass is 624 g/mol. The lowest BCUT2D eigenvalue weighted by molar-refractivity contribution is -0.143. The summed E-state index contributed by atoms with van der Waals surface area (Å²) in [5, 5.41) is 14.0. The molecule has 2 aromatic rings. The number of nitrogens with zero attached hydrogens (tertiary/aromatic N) is 3. The van der Waals surface area contributed by atoms with Crippen molar-refractivity contribution in [2.45, 2.75) is 82.5 Å². The van der Waals surface area contributed by atoms with Crippen molar-refractivity contribution in [1.29, 1.82) is 5.41 Å². The molecule has 13 heteroatoms. The van der Waals surface area contributed by atoms with Crippen molar-refractivity contribution in [2.24, 2.45) is 0 Å². The van der Waals surface area contributed by atoms with Gasteiger partial charge in [0.05, 0.1) is 24.8 Å². The summed E-state index contributed by atoms with van der Waals surface area (Å²) in [6, 6.07) is 8.65. The van der Waals surface area contributed by atoms with E-state index in [-0.39, 0.29) is 42.0 Å². The fourth-order valence-electron chi connectivity index (χ4n) is 5.89. The van der Waals surface area contributed by atoms with Crippen molar-refractivity contribution in [2.75, 3.05) is 31.3 Å². The predicted molar refractivity (Wildman–Crippen MR) is 166 cm³/mol. The van der Waals surface area contributed by atoms with Crippen LogP contribution < -0.4 is 10.6 Å². The van der Waals surface area contributed by atoms with E-state index in [4.69, 9.17) is 15.0 Å². The molecule has 1 aliphatic carbocycles. The van der Waals surface area contributed by atoms with Gasteiger partial charge in [-0.3, -0.25) is 24.5 Å². The smallest absolute Gasteiger partial charge is 0.412 e. The van der Waals surface area contributed by atoms with Gasteiger partial charge in [-0.05, 0) is 63.4 Å². The number of alkyl halides is 1. The summed E-state index contributed by atoms with van der Waals surface area (Å²) in [5.74, 6) is -1.18. The topological polar surface area (TPSA) is 154 Å². The van der Waals surface area contributed by atoms with Gasteiger partial charge in [-0.25, -0.2) is 19.2 Å². The van der Waals surface area contributed by atoms with Crippen LogP contribution in [0.1, 0.15) is 80.9 Å². The molecular formula is C32H41FN6O6. The van der Waals surface area contributed by atoms with Crippen LogP contribution in [0, 0.1) is 5.41 Å². The maximum absolute atomic E-state index is 14.9. The zero-order valence-corrected chi connectivity index (χ0v) is 26.3. The molecule has 242 valence electrons. The number of nitrogens with one attached hydrogen (secondary N) is 3. The number of pyridine rings is 1. The third-order valence-corrected chi connectivity index (χ3v) is 8.12. The van der Waals surface area contributed by atoms with E-state index in [1.165, 1.54) is 31.2 Å². The number of hydrogen-bond donors (Lipinski definition) is 3. The molecule has 4 rings (SSSR count). The quantitative estimate of drug-likeness (QED) is 0.281. The Morgan fingerprint density at radius 2 is 1.73 bits per heavy atom. The van der Waals surface area contributed by atoms with Crippen molar-refractivity contribution >= 4 is 41.5 Å². The highest BCUT2D eigenvalue weighted by molar-refractivity contribution is 6.00. The molecule has 1 aliphatic heterocycles. The first-order valence-electron chi connectivity index (χ1n) is 15.0. The summed E-state index contributed by atoms with van der Waals surface area (Å²) in [5.41, 5.74) is -0.297. The van der Waals surface area contributed by atoms with Gasteiger partial charge in [0.2, 0.25) is 11.8 Å². The molecule has 0 unspecified atom stereocenters. The number of ether oxygens (including phenoxy) is 1. The van der Waals surface area contributed by atoms with E-state index < -0.39 is 35.2 Å². The Morgan fingerprint density at radius 3 is 2.33 bits per heavy atom. The zero-order chi connectivity index (χ0) is 32.9. The fraction of sp³-hybridized carbons (Fsp3) is 0.500. The maximum atomic E-state index is 14.9. The fourth-order valence-corrected chi connectivity index (χ4v) is 5.89. The number of carbonyl (C=O) groups excluding carboxylic acids is 4. The van der Waals surface area contributed by atoms with Crippen molar-refractivity contribution in [3.8, 4) is 0 Å². The van der Waals surface area contributed by atoms with Crippen molar-refractivity contribution < 1.29 is 33.1 Å². The van der Waals surface area contributed by atoms with E-state index in [0.717, 1.165) is 36.1 Å². The Kier molecular flexibility index (Phi) is 10.2. The van der Waals surface area contributed by atoms with Gasteiger partial charge >= 0.3 is 6.09 Å². The van der Waals surface area contributed by atoms with Crippen LogP contribution in [0.2, 0.25) is 0 Å².